The average molecular weight is 940 g/mol. The van der Waals surface area contributed by atoms with E-state index in [-0.39, 0.29) is 30.2 Å². The third-order valence-electron chi connectivity index (χ3n) is 12.6. The van der Waals surface area contributed by atoms with Crippen molar-refractivity contribution >= 4 is 53.5 Å². The van der Waals surface area contributed by atoms with Crippen molar-refractivity contribution in [2.24, 2.45) is 10.8 Å². The summed E-state index contributed by atoms with van der Waals surface area (Å²) in [7, 11) is -2.47. The molecule has 0 aromatic heterocycles. The van der Waals surface area contributed by atoms with E-state index in [1.807, 2.05) is 0 Å². The van der Waals surface area contributed by atoms with Crippen molar-refractivity contribution in [3.63, 3.8) is 0 Å². The fourth-order valence-electron chi connectivity index (χ4n) is 9.40. The molecule has 58 heavy (non-hydrogen) atoms. The van der Waals surface area contributed by atoms with Gasteiger partial charge in [-0.2, -0.15) is 12.1 Å². The van der Waals surface area contributed by atoms with E-state index in [0.29, 0.717) is 10.8 Å². The maximum Gasteiger partial charge on any atom is -1.00 e. The third kappa shape index (κ3) is 12.6. The standard InChI is InChI=1S/2C25H31Si.C2H6Si.2ClH.Zr/c2*1-25(14-5-6-15-25)18-19-16-21-8-7-9-23(24(21)17-19)20-10-12-22(13-11-20)26(2,3)4;1-3-2;;;/h2*7-13,16-17H,5-6,14-15,18H2,1-4H3;1-2H3;2*1H;/q2*-1;;;;+2/p-2. The summed E-state index contributed by atoms with van der Waals surface area (Å²) in [4.78, 5) is 0. The van der Waals surface area contributed by atoms with Gasteiger partial charge in [-0.3, -0.25) is 0 Å². The Hall–Kier alpha value is -1.79. The van der Waals surface area contributed by atoms with Crippen LogP contribution in [0, 0.1) is 10.8 Å². The first-order valence-corrected chi connectivity index (χ1v) is 34.7. The van der Waals surface area contributed by atoms with Gasteiger partial charge in [-0.25, -0.2) is 0 Å². The van der Waals surface area contributed by atoms with Crippen molar-refractivity contribution in [1.82, 2.24) is 0 Å². The van der Waals surface area contributed by atoms with Gasteiger partial charge in [-0.05, 0) is 60.5 Å². The molecule has 0 nitrogen and oxygen atoms in total. The van der Waals surface area contributed by atoms with E-state index in [1.54, 1.807) is 23.3 Å². The van der Waals surface area contributed by atoms with Crippen LogP contribution in [0.3, 0.4) is 0 Å². The summed E-state index contributed by atoms with van der Waals surface area (Å²) in [5.74, 6) is 0. The second kappa shape index (κ2) is 20.4. The molecule has 2 aliphatic carbocycles. The Morgan fingerprint density at radius 3 is 1.14 bits per heavy atom. The summed E-state index contributed by atoms with van der Waals surface area (Å²) in [6, 6.07) is 42.0. The van der Waals surface area contributed by atoms with Gasteiger partial charge < -0.3 is 24.8 Å². The van der Waals surface area contributed by atoms with Crippen LogP contribution in [0.2, 0.25) is 52.4 Å². The zero-order valence-corrected chi connectivity index (χ0v) is 44.2. The number of halogens is 2. The molecule has 0 N–H and O–H groups in total. The molecule has 0 radical (unpaired) electrons. The van der Waals surface area contributed by atoms with E-state index in [1.165, 1.54) is 130 Å². The number of benzene rings is 4. The Kier molecular flexibility index (Phi) is 17.2. The van der Waals surface area contributed by atoms with Gasteiger partial charge in [-0.1, -0.05) is 161 Å². The minimum atomic E-state index is -1.24. The maximum atomic E-state index is 2.48. The first kappa shape index (κ1) is 48.9. The fraction of sp³-hybridized carbons (Fsp3) is 0.423. The Bertz CT molecular complexity index is 2080. The molecular formula is C52H68Cl2Si3Zr-2. The van der Waals surface area contributed by atoms with Crippen LogP contribution in [0.4, 0.5) is 0 Å². The Balaban J connectivity index is 0.000000228. The Morgan fingerprint density at radius 2 is 0.845 bits per heavy atom. The van der Waals surface area contributed by atoms with Crippen molar-refractivity contribution in [3.8, 4) is 22.3 Å². The third-order valence-corrected chi connectivity index (χ3v) is 16.8. The Labute approximate surface area is 382 Å². The molecule has 2 aliphatic rings. The van der Waals surface area contributed by atoms with Crippen molar-refractivity contribution in [2.45, 2.75) is 130 Å². The minimum absolute atomic E-state index is 0. The zero-order valence-electron chi connectivity index (χ0n) is 37.2. The maximum absolute atomic E-state index is 2.48. The van der Waals surface area contributed by atoms with Gasteiger partial charge in [0, 0.05) is 0 Å². The van der Waals surface area contributed by atoms with Gasteiger partial charge in [0.2, 0.25) is 0 Å². The SMILES string of the molecule is CC1(Cc2cc3c(-c4ccc([Si](C)(C)C)cc4)cccc3[cH-]2)CCCC1.CC1(Cc2cc3c(-c4ccc([Si](C)(C)C)cc4)cccc3[cH-]2)CCCC1.C[Si](C)=[Zr+2].[Cl-].[Cl-]. The van der Waals surface area contributed by atoms with Crippen LogP contribution in [0.25, 0.3) is 43.8 Å². The summed E-state index contributed by atoms with van der Waals surface area (Å²) in [5, 5.41) is 8.70. The smallest absolute Gasteiger partial charge is 1.00 e. The predicted molar refractivity (Wildman–Crippen MR) is 254 cm³/mol. The molecule has 0 bridgehead atoms. The minimum Gasteiger partial charge on any atom is -1.00 e. The molecule has 0 heterocycles. The number of hydrogen-bond acceptors (Lipinski definition) is 0. The van der Waals surface area contributed by atoms with E-state index in [9.17, 15) is 0 Å². The molecule has 0 aliphatic heterocycles. The molecule has 6 heteroatoms. The second-order valence-electron chi connectivity index (χ2n) is 20.4. The normalized spacial score (nSPS) is 15.8. The van der Waals surface area contributed by atoms with Crippen LogP contribution in [0.1, 0.15) is 76.3 Å². The summed E-state index contributed by atoms with van der Waals surface area (Å²) in [6.45, 7) is 24.1. The summed E-state index contributed by atoms with van der Waals surface area (Å²) >= 11 is 1.74. The van der Waals surface area contributed by atoms with Crippen LogP contribution in [-0.4, -0.2) is 21.6 Å². The first-order valence-electron chi connectivity index (χ1n) is 21.5. The molecule has 308 valence electrons. The van der Waals surface area contributed by atoms with Gasteiger partial charge in [-0.15, -0.1) is 69.1 Å². The van der Waals surface area contributed by atoms with Crippen LogP contribution >= 0.6 is 0 Å². The fourth-order valence-corrected chi connectivity index (χ4v) is 11.7. The molecule has 2 saturated carbocycles. The average Bonchev–Trinajstić information content (AvgIpc) is 3.94. The van der Waals surface area contributed by atoms with Crippen molar-refractivity contribution in [2.75, 3.05) is 0 Å². The molecule has 6 aromatic carbocycles. The van der Waals surface area contributed by atoms with Gasteiger partial charge in [0.25, 0.3) is 0 Å². The number of hydrogen-bond donors (Lipinski definition) is 0. The molecule has 8 rings (SSSR count). The van der Waals surface area contributed by atoms with E-state index >= 15 is 0 Å². The van der Waals surface area contributed by atoms with Crippen molar-refractivity contribution in [1.29, 1.82) is 0 Å². The summed E-state index contributed by atoms with van der Waals surface area (Å²) in [5.41, 5.74) is 9.75. The van der Waals surface area contributed by atoms with Crippen LogP contribution < -0.4 is 35.2 Å². The van der Waals surface area contributed by atoms with E-state index in [0.717, 1.165) is 0 Å². The van der Waals surface area contributed by atoms with E-state index < -0.39 is 16.1 Å². The zero-order chi connectivity index (χ0) is 40.3. The summed E-state index contributed by atoms with van der Waals surface area (Å²) < 4.78 is 0. The topological polar surface area (TPSA) is 0 Å². The molecule has 0 spiro atoms. The predicted octanol–water partition coefficient (Wildman–Crippen LogP) is 8.58. The number of fused-ring (bicyclic) bond motifs is 2. The van der Waals surface area contributed by atoms with Crippen molar-refractivity contribution < 1.29 is 48.1 Å². The first-order chi connectivity index (χ1) is 26.4. The van der Waals surface area contributed by atoms with Crippen LogP contribution in [0.5, 0.6) is 0 Å². The molecule has 2 fully saturated rings. The van der Waals surface area contributed by atoms with Crippen LogP contribution in [0.15, 0.2) is 109 Å². The van der Waals surface area contributed by atoms with Gasteiger partial charge in [0.15, 0.2) is 0 Å². The largest absolute Gasteiger partial charge is 1.00 e. The van der Waals surface area contributed by atoms with E-state index in [4.69, 9.17) is 0 Å². The van der Waals surface area contributed by atoms with Gasteiger partial charge in [0.1, 0.15) is 0 Å². The van der Waals surface area contributed by atoms with Gasteiger partial charge in [0.05, 0.1) is 16.1 Å². The Morgan fingerprint density at radius 1 is 0.534 bits per heavy atom. The van der Waals surface area contributed by atoms with Gasteiger partial charge >= 0.3 is 41.9 Å². The molecule has 0 saturated heterocycles. The molecule has 6 aromatic rings. The molecule has 0 atom stereocenters. The monoisotopic (exact) mass is 936 g/mol. The second-order valence-corrected chi connectivity index (χ2v) is 39.9. The molecule has 0 unspecified atom stereocenters. The number of rotatable bonds is 8. The van der Waals surface area contributed by atoms with Crippen LogP contribution in [-0.2, 0) is 36.2 Å². The summed E-state index contributed by atoms with van der Waals surface area (Å²) in [6.07, 6.45) is 13.6. The van der Waals surface area contributed by atoms with E-state index in [2.05, 4.69) is 175 Å². The molecular weight excluding hydrogens is 871 g/mol. The molecule has 0 amide bonds. The quantitative estimate of drug-likeness (QED) is 0.106. The van der Waals surface area contributed by atoms with Crippen molar-refractivity contribution in [3.05, 3.63) is 120 Å².